The molecule has 1 aliphatic carbocycles. The number of hydrogen-bond acceptors (Lipinski definition) is 3. The first-order valence-corrected chi connectivity index (χ1v) is 5.82. The summed E-state index contributed by atoms with van der Waals surface area (Å²) in [6.45, 7) is 0. The van der Waals surface area contributed by atoms with Gasteiger partial charge < -0.3 is 15.5 Å². The van der Waals surface area contributed by atoms with Crippen LogP contribution in [0.4, 0.5) is 5.69 Å². The molecule has 17 heavy (non-hydrogen) atoms. The number of amides is 1. The number of benzene rings is 1. The third-order valence-electron chi connectivity index (χ3n) is 3.20. The van der Waals surface area contributed by atoms with Gasteiger partial charge in [0.15, 0.2) is 5.76 Å². The zero-order chi connectivity index (χ0) is 11.8. The van der Waals surface area contributed by atoms with E-state index in [9.17, 15) is 4.79 Å². The number of nitrogen functional groups attached to an aromatic ring is 1. The molecule has 0 aliphatic heterocycles. The zero-order valence-corrected chi connectivity index (χ0v) is 9.40. The van der Waals surface area contributed by atoms with Crippen LogP contribution in [-0.4, -0.2) is 11.9 Å². The minimum absolute atomic E-state index is 0.135. The van der Waals surface area contributed by atoms with E-state index in [2.05, 4.69) is 5.32 Å². The Balaban J connectivity index is 1.86. The third-order valence-corrected chi connectivity index (χ3v) is 3.20. The van der Waals surface area contributed by atoms with E-state index in [1.807, 2.05) is 0 Å². The lowest BCUT2D eigenvalue weighted by molar-refractivity contribution is 0.0891. The molecule has 88 valence electrons. The van der Waals surface area contributed by atoms with Gasteiger partial charge >= 0.3 is 0 Å². The van der Waals surface area contributed by atoms with Crippen molar-refractivity contribution in [2.24, 2.45) is 0 Å². The van der Waals surface area contributed by atoms with Crippen LogP contribution < -0.4 is 11.1 Å². The predicted molar refractivity (Wildman–Crippen MR) is 65.7 cm³/mol. The standard InChI is InChI=1S/C13H14N2O2/c14-9-4-5-11-8(6-9)7-12(17-11)13(16)15-10-2-1-3-10/h4-7,10H,1-3,14H2,(H,15,16). The number of furan rings is 1. The summed E-state index contributed by atoms with van der Waals surface area (Å²) < 4.78 is 5.49. The van der Waals surface area contributed by atoms with Crippen molar-refractivity contribution in [3.05, 3.63) is 30.0 Å². The highest BCUT2D eigenvalue weighted by Gasteiger charge is 2.21. The highest BCUT2D eigenvalue weighted by atomic mass is 16.3. The van der Waals surface area contributed by atoms with Crippen molar-refractivity contribution < 1.29 is 9.21 Å². The molecule has 1 heterocycles. The first-order valence-electron chi connectivity index (χ1n) is 5.82. The van der Waals surface area contributed by atoms with Crippen LogP contribution in [0, 0.1) is 0 Å². The van der Waals surface area contributed by atoms with E-state index in [4.69, 9.17) is 10.2 Å². The normalized spacial score (nSPS) is 15.8. The lowest BCUT2D eigenvalue weighted by Gasteiger charge is -2.25. The van der Waals surface area contributed by atoms with Gasteiger partial charge in [-0.2, -0.15) is 0 Å². The van der Waals surface area contributed by atoms with E-state index in [1.54, 1.807) is 24.3 Å². The molecule has 1 saturated carbocycles. The molecule has 2 aromatic rings. The number of rotatable bonds is 2. The number of anilines is 1. The summed E-state index contributed by atoms with van der Waals surface area (Å²) >= 11 is 0. The summed E-state index contributed by atoms with van der Waals surface area (Å²) in [4.78, 5) is 11.9. The van der Waals surface area contributed by atoms with Crippen LogP contribution in [0.15, 0.2) is 28.7 Å². The third kappa shape index (κ3) is 1.86. The van der Waals surface area contributed by atoms with Crippen LogP contribution in [0.3, 0.4) is 0 Å². The molecule has 3 rings (SSSR count). The Hall–Kier alpha value is -1.97. The van der Waals surface area contributed by atoms with Crippen molar-refractivity contribution in [1.82, 2.24) is 5.32 Å². The SMILES string of the molecule is Nc1ccc2oc(C(=O)NC3CCC3)cc2c1. The van der Waals surface area contributed by atoms with E-state index in [0.29, 0.717) is 23.1 Å². The van der Waals surface area contributed by atoms with Gasteiger partial charge in [0.05, 0.1) is 0 Å². The largest absolute Gasteiger partial charge is 0.451 e. The van der Waals surface area contributed by atoms with Crippen LogP contribution >= 0.6 is 0 Å². The summed E-state index contributed by atoms with van der Waals surface area (Å²) in [5.74, 6) is 0.224. The van der Waals surface area contributed by atoms with Crippen molar-refractivity contribution in [2.45, 2.75) is 25.3 Å². The summed E-state index contributed by atoms with van der Waals surface area (Å²) in [6, 6.07) is 7.41. The van der Waals surface area contributed by atoms with Crippen molar-refractivity contribution in [1.29, 1.82) is 0 Å². The lowest BCUT2D eigenvalue weighted by Crippen LogP contribution is -2.39. The molecular formula is C13H14N2O2. The molecule has 0 radical (unpaired) electrons. The topological polar surface area (TPSA) is 68.3 Å². The summed E-state index contributed by atoms with van der Waals surface area (Å²) in [7, 11) is 0. The van der Waals surface area contributed by atoms with Gasteiger partial charge in [0, 0.05) is 17.1 Å². The molecular weight excluding hydrogens is 216 g/mol. The maximum atomic E-state index is 11.9. The lowest BCUT2D eigenvalue weighted by atomic mass is 9.93. The molecule has 1 fully saturated rings. The van der Waals surface area contributed by atoms with Crippen LogP contribution in [0.1, 0.15) is 29.8 Å². The van der Waals surface area contributed by atoms with E-state index >= 15 is 0 Å². The molecule has 1 aliphatic rings. The molecule has 3 N–H and O–H groups in total. The summed E-state index contributed by atoms with van der Waals surface area (Å²) in [5.41, 5.74) is 7.04. The second kappa shape index (κ2) is 3.80. The maximum absolute atomic E-state index is 11.9. The Bertz CT molecular complexity index is 570. The zero-order valence-electron chi connectivity index (χ0n) is 9.40. The highest BCUT2D eigenvalue weighted by molar-refractivity contribution is 5.96. The number of nitrogens with one attached hydrogen (secondary N) is 1. The van der Waals surface area contributed by atoms with Crippen LogP contribution in [0.2, 0.25) is 0 Å². The summed E-state index contributed by atoms with van der Waals surface area (Å²) in [6.07, 6.45) is 3.33. The van der Waals surface area contributed by atoms with Gasteiger partial charge in [-0.1, -0.05) is 0 Å². The van der Waals surface area contributed by atoms with E-state index in [-0.39, 0.29) is 5.91 Å². The molecule has 0 saturated heterocycles. The van der Waals surface area contributed by atoms with Gasteiger partial charge in [0.1, 0.15) is 5.58 Å². The highest BCUT2D eigenvalue weighted by Crippen LogP contribution is 2.23. The van der Waals surface area contributed by atoms with Gasteiger partial charge in [-0.05, 0) is 43.5 Å². The van der Waals surface area contributed by atoms with E-state index in [1.165, 1.54) is 6.42 Å². The molecule has 1 aromatic heterocycles. The number of nitrogens with two attached hydrogens (primary N) is 1. The number of hydrogen-bond donors (Lipinski definition) is 2. The molecule has 0 atom stereocenters. The number of fused-ring (bicyclic) bond motifs is 1. The van der Waals surface area contributed by atoms with Gasteiger partial charge in [-0.3, -0.25) is 4.79 Å². The van der Waals surface area contributed by atoms with Gasteiger partial charge in [-0.25, -0.2) is 0 Å². The minimum atomic E-state index is -0.135. The second-order valence-electron chi connectivity index (χ2n) is 4.51. The molecule has 0 bridgehead atoms. The Morgan fingerprint density at radius 1 is 1.35 bits per heavy atom. The van der Waals surface area contributed by atoms with E-state index < -0.39 is 0 Å². The molecule has 4 nitrogen and oxygen atoms in total. The first kappa shape index (κ1) is 10.2. The van der Waals surface area contributed by atoms with Gasteiger partial charge in [0.25, 0.3) is 5.91 Å². The van der Waals surface area contributed by atoms with Crippen molar-refractivity contribution in [3.8, 4) is 0 Å². The quantitative estimate of drug-likeness (QED) is 0.778. The molecule has 1 aromatic carbocycles. The van der Waals surface area contributed by atoms with Gasteiger partial charge in [-0.15, -0.1) is 0 Å². The smallest absolute Gasteiger partial charge is 0.287 e. The van der Waals surface area contributed by atoms with Crippen molar-refractivity contribution in [2.75, 3.05) is 5.73 Å². The number of carbonyl (C=O) groups excluding carboxylic acids is 1. The van der Waals surface area contributed by atoms with Crippen LogP contribution in [0.5, 0.6) is 0 Å². The fourth-order valence-electron chi connectivity index (χ4n) is 1.98. The molecule has 1 amide bonds. The fraction of sp³-hybridized carbons (Fsp3) is 0.308. The Kier molecular flexibility index (Phi) is 2.28. The van der Waals surface area contributed by atoms with E-state index in [0.717, 1.165) is 18.2 Å². The second-order valence-corrected chi connectivity index (χ2v) is 4.51. The molecule has 0 spiro atoms. The Morgan fingerprint density at radius 3 is 2.88 bits per heavy atom. The van der Waals surface area contributed by atoms with Crippen LogP contribution in [0.25, 0.3) is 11.0 Å². The fourth-order valence-corrected chi connectivity index (χ4v) is 1.98. The van der Waals surface area contributed by atoms with Crippen molar-refractivity contribution in [3.63, 3.8) is 0 Å². The average Bonchev–Trinajstić information content (AvgIpc) is 2.65. The number of carbonyl (C=O) groups is 1. The molecule has 4 heteroatoms. The van der Waals surface area contributed by atoms with Gasteiger partial charge in [0.2, 0.25) is 0 Å². The Labute approximate surface area is 98.8 Å². The molecule has 0 unspecified atom stereocenters. The van der Waals surface area contributed by atoms with Crippen LogP contribution in [-0.2, 0) is 0 Å². The average molecular weight is 230 g/mol. The first-order chi connectivity index (χ1) is 8.22. The summed E-state index contributed by atoms with van der Waals surface area (Å²) in [5, 5.41) is 3.81. The maximum Gasteiger partial charge on any atom is 0.287 e. The van der Waals surface area contributed by atoms with Crippen molar-refractivity contribution >= 4 is 22.6 Å². The Morgan fingerprint density at radius 2 is 2.18 bits per heavy atom. The minimum Gasteiger partial charge on any atom is -0.451 e. The predicted octanol–water partition coefficient (Wildman–Crippen LogP) is 2.30. The monoisotopic (exact) mass is 230 g/mol.